The summed E-state index contributed by atoms with van der Waals surface area (Å²) in [7, 11) is 1.65. The fraction of sp³-hybridized carbons (Fsp3) is 0.455. The highest BCUT2D eigenvalue weighted by molar-refractivity contribution is 5.84. The predicted molar refractivity (Wildman–Crippen MR) is 105 cm³/mol. The zero-order valence-electron chi connectivity index (χ0n) is 15.9. The van der Waals surface area contributed by atoms with Crippen molar-refractivity contribution in [2.75, 3.05) is 20.2 Å². The quantitative estimate of drug-likeness (QED) is 0.596. The highest BCUT2D eigenvalue weighted by Crippen LogP contribution is 2.43. The maximum absolute atomic E-state index is 12.0. The molecule has 1 aromatic heterocycles. The average Bonchev–Trinajstić information content (AvgIpc) is 2.71. The third kappa shape index (κ3) is 3.32. The largest absolute Gasteiger partial charge is 0.497 e. The van der Waals surface area contributed by atoms with Crippen LogP contribution in [0.5, 0.6) is 5.75 Å². The highest BCUT2D eigenvalue weighted by atomic mass is 16.5. The molecule has 5 nitrogen and oxygen atoms in total. The topological polar surface area (TPSA) is 51.7 Å². The number of ether oxygens (including phenoxy) is 2. The molecule has 0 N–H and O–H groups in total. The molecule has 1 unspecified atom stereocenters. The van der Waals surface area contributed by atoms with E-state index in [1.165, 1.54) is 13.3 Å². The molecule has 1 aromatic carbocycles. The molecule has 0 saturated carbocycles. The molecule has 3 fully saturated rings. The first-order valence-electron chi connectivity index (χ1n) is 9.57. The van der Waals surface area contributed by atoms with E-state index < -0.39 is 0 Å². The Morgan fingerprint density at radius 1 is 1.41 bits per heavy atom. The van der Waals surface area contributed by atoms with Crippen LogP contribution < -0.4 is 4.74 Å². The van der Waals surface area contributed by atoms with Crippen LogP contribution in [0.2, 0.25) is 0 Å². The second-order valence-electron chi connectivity index (χ2n) is 7.56. The van der Waals surface area contributed by atoms with Crippen LogP contribution in [0.1, 0.15) is 31.4 Å². The van der Waals surface area contributed by atoms with Gasteiger partial charge in [0.15, 0.2) is 0 Å². The lowest BCUT2D eigenvalue weighted by Crippen LogP contribution is -2.55. The monoisotopic (exact) mass is 366 g/mol. The van der Waals surface area contributed by atoms with Crippen LogP contribution in [-0.2, 0) is 9.53 Å². The van der Waals surface area contributed by atoms with Gasteiger partial charge in [-0.1, -0.05) is 6.08 Å². The van der Waals surface area contributed by atoms with E-state index in [0.717, 1.165) is 41.7 Å². The summed E-state index contributed by atoms with van der Waals surface area (Å²) in [5.74, 6) is 1.66. The Bertz CT molecular complexity index is 866. The van der Waals surface area contributed by atoms with Gasteiger partial charge in [0, 0.05) is 30.6 Å². The first kappa shape index (κ1) is 18.0. The molecule has 5 rings (SSSR count). The number of nitrogens with zero attached hydrogens (tertiary/aromatic N) is 2. The van der Waals surface area contributed by atoms with Crippen LogP contribution >= 0.6 is 0 Å². The van der Waals surface area contributed by atoms with E-state index in [1.54, 1.807) is 13.3 Å². The van der Waals surface area contributed by atoms with E-state index in [2.05, 4.69) is 22.5 Å². The summed E-state index contributed by atoms with van der Waals surface area (Å²) in [6, 6.07) is 7.99. The lowest BCUT2D eigenvalue weighted by Gasteiger charge is -2.51. The molecule has 4 heterocycles. The Morgan fingerprint density at radius 3 is 2.93 bits per heavy atom. The van der Waals surface area contributed by atoms with Crippen molar-refractivity contribution in [1.82, 2.24) is 9.88 Å². The number of fused-ring (bicyclic) bond motifs is 4. The molecule has 0 spiro atoms. The van der Waals surface area contributed by atoms with Crippen molar-refractivity contribution in [2.45, 2.75) is 31.9 Å². The zero-order valence-corrected chi connectivity index (χ0v) is 15.9. The van der Waals surface area contributed by atoms with Gasteiger partial charge in [-0.05, 0) is 55.5 Å². The molecule has 3 aliphatic rings. The standard InChI is InChI=1S/C22H26N2O3/c1-4-15-13-24-10-8-16(15)11-21(24)22(27-14(2)25)18-7-9-23-20-6-5-17(26-3)12-19(18)20/h4-7,9,12,15-16,21-22H,1,8,10-11,13H2,2-3H3/t15-,16-,21-,22+/m1/s1. The molecule has 27 heavy (non-hydrogen) atoms. The second kappa shape index (κ2) is 7.31. The molecule has 2 aromatic rings. The first-order chi connectivity index (χ1) is 13.1. The summed E-state index contributed by atoms with van der Waals surface area (Å²) in [5.41, 5.74) is 1.88. The molecule has 3 aliphatic heterocycles. The van der Waals surface area contributed by atoms with Crippen LogP contribution in [0.3, 0.4) is 0 Å². The number of hydrogen-bond donors (Lipinski definition) is 0. The van der Waals surface area contributed by atoms with Crippen molar-refractivity contribution in [2.24, 2.45) is 11.8 Å². The summed E-state index contributed by atoms with van der Waals surface area (Å²) in [4.78, 5) is 18.9. The minimum Gasteiger partial charge on any atom is -0.497 e. The lowest BCUT2D eigenvalue weighted by atomic mass is 9.73. The van der Waals surface area contributed by atoms with Crippen molar-refractivity contribution < 1.29 is 14.3 Å². The molecule has 0 radical (unpaired) electrons. The third-order valence-corrected chi connectivity index (χ3v) is 6.09. The normalized spacial score (nSPS) is 27.9. The average molecular weight is 366 g/mol. The first-order valence-corrected chi connectivity index (χ1v) is 9.57. The van der Waals surface area contributed by atoms with Crippen molar-refractivity contribution >= 4 is 16.9 Å². The molecular weight excluding hydrogens is 340 g/mol. The van der Waals surface area contributed by atoms with Gasteiger partial charge in [0.2, 0.25) is 0 Å². The Hall–Kier alpha value is -2.40. The number of benzene rings is 1. The Labute approximate surface area is 160 Å². The van der Waals surface area contributed by atoms with Crippen LogP contribution in [0.25, 0.3) is 10.9 Å². The van der Waals surface area contributed by atoms with Crippen LogP contribution in [0, 0.1) is 11.8 Å². The summed E-state index contributed by atoms with van der Waals surface area (Å²) >= 11 is 0. The van der Waals surface area contributed by atoms with Crippen molar-refractivity contribution in [1.29, 1.82) is 0 Å². The Morgan fingerprint density at radius 2 is 2.26 bits per heavy atom. The minimum atomic E-state index is -0.311. The Kier molecular flexibility index (Phi) is 4.87. The van der Waals surface area contributed by atoms with Gasteiger partial charge in [-0.15, -0.1) is 6.58 Å². The highest BCUT2D eigenvalue weighted by Gasteiger charge is 2.44. The Balaban J connectivity index is 1.76. The molecule has 142 valence electrons. The molecule has 3 saturated heterocycles. The number of rotatable bonds is 5. The zero-order chi connectivity index (χ0) is 19.0. The number of aromatic nitrogens is 1. The fourth-order valence-electron chi connectivity index (χ4n) is 4.74. The van der Waals surface area contributed by atoms with Crippen LogP contribution in [0.4, 0.5) is 0 Å². The van der Waals surface area contributed by atoms with Crippen LogP contribution in [0.15, 0.2) is 43.1 Å². The summed E-state index contributed by atoms with van der Waals surface area (Å²) in [5, 5.41) is 0.978. The molecule has 5 atom stereocenters. The maximum Gasteiger partial charge on any atom is 0.303 e. The molecule has 0 aliphatic carbocycles. The fourth-order valence-corrected chi connectivity index (χ4v) is 4.74. The van der Waals surface area contributed by atoms with Gasteiger partial charge in [-0.3, -0.25) is 14.7 Å². The second-order valence-corrected chi connectivity index (χ2v) is 7.56. The number of pyridine rings is 1. The van der Waals surface area contributed by atoms with Gasteiger partial charge in [0.05, 0.1) is 18.7 Å². The predicted octanol–water partition coefficient (Wildman–Crippen LogP) is 3.74. The van der Waals surface area contributed by atoms with Gasteiger partial charge in [0.1, 0.15) is 11.9 Å². The minimum absolute atomic E-state index is 0.181. The van der Waals surface area contributed by atoms with E-state index in [9.17, 15) is 4.79 Å². The maximum atomic E-state index is 12.0. The number of piperidine rings is 3. The van der Waals surface area contributed by atoms with E-state index in [-0.39, 0.29) is 18.1 Å². The number of esters is 1. The van der Waals surface area contributed by atoms with E-state index in [0.29, 0.717) is 11.8 Å². The number of carbonyl (C=O) groups excluding carboxylic acids is 1. The van der Waals surface area contributed by atoms with Crippen molar-refractivity contribution in [3.8, 4) is 5.75 Å². The molecular formula is C22H26N2O3. The molecule has 5 heteroatoms. The van der Waals surface area contributed by atoms with Crippen molar-refractivity contribution in [3.05, 3.63) is 48.7 Å². The van der Waals surface area contributed by atoms with Gasteiger partial charge < -0.3 is 9.47 Å². The molecule has 2 bridgehead atoms. The van der Waals surface area contributed by atoms with Crippen molar-refractivity contribution in [3.63, 3.8) is 0 Å². The third-order valence-electron chi connectivity index (χ3n) is 6.09. The number of carbonyl (C=O) groups is 1. The van der Waals surface area contributed by atoms with Gasteiger partial charge in [-0.2, -0.15) is 0 Å². The van der Waals surface area contributed by atoms with Gasteiger partial charge in [-0.25, -0.2) is 0 Å². The van der Waals surface area contributed by atoms with E-state index >= 15 is 0 Å². The molecule has 0 amide bonds. The van der Waals surface area contributed by atoms with Crippen LogP contribution in [-0.4, -0.2) is 42.1 Å². The lowest BCUT2D eigenvalue weighted by molar-refractivity contribution is -0.154. The summed E-state index contributed by atoms with van der Waals surface area (Å²) in [6.45, 7) is 7.53. The smallest absolute Gasteiger partial charge is 0.303 e. The summed E-state index contributed by atoms with van der Waals surface area (Å²) < 4.78 is 11.3. The van der Waals surface area contributed by atoms with E-state index in [4.69, 9.17) is 9.47 Å². The SMILES string of the molecule is C=C[C@@H]1CN2CC[C@@H]1C[C@@H]2[C@@H](OC(C)=O)c1ccnc2ccc(OC)cc12. The van der Waals surface area contributed by atoms with Gasteiger partial charge >= 0.3 is 5.97 Å². The summed E-state index contributed by atoms with van der Waals surface area (Å²) in [6.07, 6.45) is 5.77. The van der Waals surface area contributed by atoms with E-state index in [1.807, 2.05) is 24.3 Å². The van der Waals surface area contributed by atoms with Gasteiger partial charge in [0.25, 0.3) is 0 Å². The number of hydrogen-bond acceptors (Lipinski definition) is 5. The number of methoxy groups -OCH3 is 1.